The van der Waals surface area contributed by atoms with Crippen LogP contribution in [0.4, 0.5) is 0 Å². The highest BCUT2D eigenvalue weighted by molar-refractivity contribution is 5.48. The lowest BCUT2D eigenvalue weighted by Gasteiger charge is -2.33. The van der Waals surface area contributed by atoms with Crippen molar-refractivity contribution >= 4 is 6.08 Å². The highest BCUT2D eigenvalue weighted by Gasteiger charge is 2.23. The standard InChI is InChI=1S/C23H26N/c1-4-12-23(19-18-22-15-9-6-10-16-22)24(2,3)20-11-17-21-13-7-5-8-14-21/h4-11,13-17,23H,1,12,20H2,2-3H3/q+1. The Kier molecular flexibility index (Phi) is 6.61. The summed E-state index contributed by atoms with van der Waals surface area (Å²) in [4.78, 5) is 0. The van der Waals surface area contributed by atoms with E-state index in [1.165, 1.54) is 5.56 Å². The Morgan fingerprint density at radius 2 is 1.62 bits per heavy atom. The van der Waals surface area contributed by atoms with Crippen molar-refractivity contribution in [2.75, 3.05) is 20.6 Å². The Bertz CT molecular complexity index is 715. The smallest absolute Gasteiger partial charge is 0.154 e. The van der Waals surface area contributed by atoms with Crippen LogP contribution in [0.3, 0.4) is 0 Å². The topological polar surface area (TPSA) is 0 Å². The molecule has 1 nitrogen and oxygen atoms in total. The van der Waals surface area contributed by atoms with Gasteiger partial charge in [-0.1, -0.05) is 66.6 Å². The second kappa shape index (κ2) is 8.91. The van der Waals surface area contributed by atoms with Gasteiger partial charge in [-0.05, 0) is 29.7 Å². The van der Waals surface area contributed by atoms with E-state index in [-0.39, 0.29) is 6.04 Å². The minimum Gasteiger partial charge on any atom is -0.312 e. The predicted molar refractivity (Wildman–Crippen MR) is 104 cm³/mol. The molecule has 1 atom stereocenters. The molecular formula is C23H26N+. The first kappa shape index (κ1) is 17.8. The molecule has 2 aromatic carbocycles. The molecule has 122 valence electrons. The van der Waals surface area contributed by atoms with E-state index in [2.05, 4.69) is 68.9 Å². The van der Waals surface area contributed by atoms with E-state index in [4.69, 9.17) is 0 Å². The summed E-state index contributed by atoms with van der Waals surface area (Å²) < 4.78 is 0.815. The maximum atomic E-state index is 3.90. The molecule has 0 N–H and O–H groups in total. The lowest BCUT2D eigenvalue weighted by atomic mass is 10.1. The summed E-state index contributed by atoms with van der Waals surface area (Å²) in [5, 5.41) is 0. The number of nitrogens with zero attached hydrogens (tertiary/aromatic N) is 1. The van der Waals surface area contributed by atoms with Crippen LogP contribution < -0.4 is 0 Å². The van der Waals surface area contributed by atoms with Crippen LogP contribution in [0, 0.1) is 11.8 Å². The Morgan fingerprint density at radius 1 is 1.00 bits per heavy atom. The number of benzene rings is 2. The molecular weight excluding hydrogens is 290 g/mol. The molecule has 2 rings (SSSR count). The molecule has 1 heteroatoms. The second-order valence-corrected chi connectivity index (χ2v) is 6.45. The van der Waals surface area contributed by atoms with Crippen molar-refractivity contribution in [1.29, 1.82) is 0 Å². The van der Waals surface area contributed by atoms with Gasteiger partial charge in [0.05, 0.1) is 20.6 Å². The second-order valence-electron chi connectivity index (χ2n) is 6.45. The highest BCUT2D eigenvalue weighted by atomic mass is 15.3. The summed E-state index contributed by atoms with van der Waals surface area (Å²) in [7, 11) is 4.45. The van der Waals surface area contributed by atoms with Crippen molar-refractivity contribution in [3.63, 3.8) is 0 Å². The molecule has 0 aliphatic rings. The molecule has 0 saturated heterocycles. The lowest BCUT2D eigenvalue weighted by Crippen LogP contribution is -2.48. The van der Waals surface area contributed by atoms with E-state index in [0.29, 0.717) is 0 Å². The van der Waals surface area contributed by atoms with Crippen molar-refractivity contribution in [3.8, 4) is 11.8 Å². The molecule has 0 amide bonds. The normalized spacial score (nSPS) is 12.4. The molecule has 0 radical (unpaired) electrons. The Morgan fingerprint density at radius 3 is 2.25 bits per heavy atom. The largest absolute Gasteiger partial charge is 0.312 e. The van der Waals surface area contributed by atoms with Gasteiger partial charge in [-0.15, -0.1) is 6.58 Å². The van der Waals surface area contributed by atoms with Crippen molar-refractivity contribution in [2.24, 2.45) is 0 Å². The van der Waals surface area contributed by atoms with Gasteiger partial charge in [0.2, 0.25) is 0 Å². The average molecular weight is 316 g/mol. The predicted octanol–water partition coefficient (Wildman–Crippen LogP) is 4.77. The van der Waals surface area contributed by atoms with E-state index in [0.717, 1.165) is 23.0 Å². The van der Waals surface area contributed by atoms with E-state index in [1.54, 1.807) is 0 Å². The van der Waals surface area contributed by atoms with Gasteiger partial charge in [0.15, 0.2) is 6.04 Å². The first-order chi connectivity index (χ1) is 11.6. The fraction of sp³-hybridized carbons (Fsp3) is 0.217. The van der Waals surface area contributed by atoms with Crippen LogP contribution in [0.25, 0.3) is 6.08 Å². The summed E-state index contributed by atoms with van der Waals surface area (Å²) >= 11 is 0. The number of rotatable bonds is 6. The molecule has 0 aromatic heterocycles. The van der Waals surface area contributed by atoms with Gasteiger partial charge in [0, 0.05) is 12.0 Å². The maximum Gasteiger partial charge on any atom is 0.154 e. The molecule has 0 spiro atoms. The van der Waals surface area contributed by atoms with Gasteiger partial charge < -0.3 is 4.48 Å². The van der Waals surface area contributed by atoms with Crippen LogP contribution in [0.15, 0.2) is 79.4 Å². The SMILES string of the molecule is C=CCC(C#Cc1ccccc1)[N+](C)(C)CC=Cc1ccccc1. The lowest BCUT2D eigenvalue weighted by molar-refractivity contribution is -0.900. The number of quaternary nitrogens is 1. The van der Waals surface area contributed by atoms with Crippen molar-refractivity contribution in [1.82, 2.24) is 0 Å². The molecule has 0 saturated carbocycles. The van der Waals surface area contributed by atoms with Crippen LogP contribution in [-0.4, -0.2) is 31.2 Å². The number of hydrogen-bond acceptors (Lipinski definition) is 0. The zero-order chi connectivity index (χ0) is 17.3. The van der Waals surface area contributed by atoms with Gasteiger partial charge in [-0.3, -0.25) is 0 Å². The summed E-state index contributed by atoms with van der Waals surface area (Å²) in [5.41, 5.74) is 2.29. The van der Waals surface area contributed by atoms with Crippen LogP contribution in [0.2, 0.25) is 0 Å². The molecule has 0 bridgehead atoms. The summed E-state index contributed by atoms with van der Waals surface area (Å²) in [6.45, 7) is 4.83. The summed E-state index contributed by atoms with van der Waals surface area (Å²) in [5.74, 6) is 6.75. The average Bonchev–Trinajstić information content (AvgIpc) is 2.60. The van der Waals surface area contributed by atoms with Crippen molar-refractivity contribution in [3.05, 3.63) is 90.5 Å². The maximum absolute atomic E-state index is 3.90. The van der Waals surface area contributed by atoms with E-state index in [1.807, 2.05) is 42.5 Å². The fourth-order valence-electron chi connectivity index (χ4n) is 2.52. The molecule has 0 aliphatic carbocycles. The van der Waals surface area contributed by atoms with Crippen molar-refractivity contribution < 1.29 is 4.48 Å². The minimum absolute atomic E-state index is 0.225. The fourth-order valence-corrected chi connectivity index (χ4v) is 2.52. The molecule has 0 aliphatic heterocycles. The molecule has 0 fully saturated rings. The van der Waals surface area contributed by atoms with Crippen LogP contribution in [0.5, 0.6) is 0 Å². The first-order valence-corrected chi connectivity index (χ1v) is 8.33. The first-order valence-electron chi connectivity index (χ1n) is 8.33. The van der Waals surface area contributed by atoms with Gasteiger partial charge in [0.25, 0.3) is 0 Å². The van der Waals surface area contributed by atoms with Crippen LogP contribution in [0.1, 0.15) is 17.5 Å². The Hall–Kier alpha value is -2.56. The monoisotopic (exact) mass is 316 g/mol. The summed E-state index contributed by atoms with van der Waals surface area (Å²) in [6, 6.07) is 20.8. The zero-order valence-corrected chi connectivity index (χ0v) is 14.7. The third-order valence-corrected chi connectivity index (χ3v) is 4.08. The number of hydrogen-bond donors (Lipinski definition) is 0. The molecule has 2 aromatic rings. The van der Waals surface area contributed by atoms with Gasteiger partial charge in [-0.2, -0.15) is 0 Å². The molecule has 0 heterocycles. The van der Waals surface area contributed by atoms with Crippen LogP contribution in [-0.2, 0) is 0 Å². The number of likely N-dealkylation sites (N-methyl/N-ethyl adjacent to an activating group) is 1. The van der Waals surface area contributed by atoms with E-state index in [9.17, 15) is 0 Å². The Balaban J connectivity index is 2.09. The van der Waals surface area contributed by atoms with Gasteiger partial charge in [0.1, 0.15) is 0 Å². The van der Waals surface area contributed by atoms with Gasteiger partial charge in [-0.25, -0.2) is 0 Å². The minimum atomic E-state index is 0.225. The Labute approximate surface area is 146 Å². The zero-order valence-electron chi connectivity index (χ0n) is 14.7. The third kappa shape index (κ3) is 5.57. The quantitative estimate of drug-likeness (QED) is 0.409. The van der Waals surface area contributed by atoms with Crippen molar-refractivity contribution in [2.45, 2.75) is 12.5 Å². The summed E-state index contributed by atoms with van der Waals surface area (Å²) in [6.07, 6.45) is 7.25. The van der Waals surface area contributed by atoms with Crippen LogP contribution >= 0.6 is 0 Å². The van der Waals surface area contributed by atoms with Gasteiger partial charge >= 0.3 is 0 Å². The molecule has 24 heavy (non-hydrogen) atoms. The highest BCUT2D eigenvalue weighted by Crippen LogP contribution is 2.12. The molecule has 1 unspecified atom stereocenters. The third-order valence-electron chi connectivity index (χ3n) is 4.08. The van der Waals surface area contributed by atoms with E-state index < -0.39 is 0 Å². The van der Waals surface area contributed by atoms with E-state index >= 15 is 0 Å².